The zero-order valence-electron chi connectivity index (χ0n) is 18.0. The van der Waals surface area contributed by atoms with Crippen molar-refractivity contribution in [3.05, 3.63) is 102 Å². The van der Waals surface area contributed by atoms with Gasteiger partial charge in [-0.05, 0) is 67.1 Å². The molecule has 0 heterocycles. The Labute approximate surface area is 192 Å². The molecule has 0 saturated carbocycles. The van der Waals surface area contributed by atoms with E-state index in [4.69, 9.17) is 0 Å². The van der Waals surface area contributed by atoms with Crippen LogP contribution in [0.4, 0.5) is 11.4 Å². The van der Waals surface area contributed by atoms with Crippen molar-refractivity contribution in [2.75, 3.05) is 10.6 Å². The number of carbonyl (C=O) groups is 2. The molecule has 0 aliphatic heterocycles. The molecule has 4 nitrogen and oxygen atoms in total. The van der Waals surface area contributed by atoms with Crippen molar-refractivity contribution < 1.29 is 9.59 Å². The van der Waals surface area contributed by atoms with Crippen LogP contribution in [0.25, 0.3) is 10.8 Å². The van der Waals surface area contributed by atoms with Gasteiger partial charge in [-0.3, -0.25) is 9.59 Å². The summed E-state index contributed by atoms with van der Waals surface area (Å²) in [6.07, 6.45) is 0. The van der Waals surface area contributed by atoms with Crippen molar-refractivity contribution in [3.8, 4) is 0 Å². The highest BCUT2D eigenvalue weighted by atomic mass is 32.2. The lowest BCUT2D eigenvalue weighted by atomic mass is 10.1. The number of hydrogen-bond donors (Lipinski definition) is 2. The van der Waals surface area contributed by atoms with Crippen molar-refractivity contribution in [2.24, 2.45) is 0 Å². The maximum absolute atomic E-state index is 12.7. The van der Waals surface area contributed by atoms with E-state index in [0.717, 1.165) is 26.9 Å². The summed E-state index contributed by atoms with van der Waals surface area (Å²) in [7, 11) is 0. The minimum absolute atomic E-state index is 0.0700. The van der Waals surface area contributed by atoms with Crippen molar-refractivity contribution in [1.82, 2.24) is 0 Å². The number of benzene rings is 4. The number of thioether (sulfide) groups is 1. The topological polar surface area (TPSA) is 58.2 Å². The van der Waals surface area contributed by atoms with Gasteiger partial charge >= 0.3 is 0 Å². The van der Waals surface area contributed by atoms with Crippen LogP contribution in [0.15, 0.2) is 95.9 Å². The van der Waals surface area contributed by atoms with Crippen molar-refractivity contribution in [3.63, 3.8) is 0 Å². The SMILES string of the molecule is Cc1ccc(C(=O)Nc2cccc(SC(C)C(=O)Nc3ccc4ccccc4c3)c2)cc1. The predicted molar refractivity (Wildman–Crippen MR) is 133 cm³/mol. The van der Waals surface area contributed by atoms with Gasteiger partial charge in [0, 0.05) is 21.8 Å². The quantitative estimate of drug-likeness (QED) is 0.336. The average molecular weight is 441 g/mol. The largest absolute Gasteiger partial charge is 0.325 e. The Morgan fingerprint density at radius 3 is 2.25 bits per heavy atom. The van der Waals surface area contributed by atoms with Crippen molar-refractivity contribution >= 4 is 45.7 Å². The van der Waals surface area contributed by atoms with E-state index in [2.05, 4.69) is 10.6 Å². The van der Waals surface area contributed by atoms with E-state index in [1.54, 1.807) is 0 Å². The fourth-order valence-electron chi connectivity index (χ4n) is 3.32. The van der Waals surface area contributed by atoms with E-state index in [1.807, 2.05) is 105 Å². The molecular formula is C27H24N2O2S. The van der Waals surface area contributed by atoms with Gasteiger partial charge < -0.3 is 10.6 Å². The van der Waals surface area contributed by atoms with E-state index < -0.39 is 0 Å². The maximum atomic E-state index is 12.7. The normalized spacial score (nSPS) is 11.7. The molecule has 4 aromatic carbocycles. The number of amides is 2. The summed E-state index contributed by atoms with van der Waals surface area (Å²) >= 11 is 1.45. The first-order valence-corrected chi connectivity index (χ1v) is 11.3. The van der Waals surface area contributed by atoms with Crippen LogP contribution in [0.3, 0.4) is 0 Å². The predicted octanol–water partition coefficient (Wildman–Crippen LogP) is 6.52. The fourth-order valence-corrected chi connectivity index (χ4v) is 4.25. The molecule has 0 radical (unpaired) electrons. The fraction of sp³-hybridized carbons (Fsp3) is 0.111. The van der Waals surface area contributed by atoms with Crippen LogP contribution in [-0.4, -0.2) is 17.1 Å². The van der Waals surface area contributed by atoms with Gasteiger partial charge in [-0.2, -0.15) is 0 Å². The highest BCUT2D eigenvalue weighted by molar-refractivity contribution is 8.00. The van der Waals surface area contributed by atoms with Crippen LogP contribution in [0, 0.1) is 6.92 Å². The van der Waals surface area contributed by atoms with E-state index >= 15 is 0 Å². The molecule has 1 unspecified atom stereocenters. The Morgan fingerprint density at radius 1 is 0.750 bits per heavy atom. The van der Waals surface area contributed by atoms with E-state index in [0.29, 0.717) is 11.3 Å². The van der Waals surface area contributed by atoms with Gasteiger partial charge in [0.2, 0.25) is 5.91 Å². The molecular weight excluding hydrogens is 416 g/mol. The van der Waals surface area contributed by atoms with Crippen LogP contribution in [0.1, 0.15) is 22.8 Å². The monoisotopic (exact) mass is 440 g/mol. The van der Waals surface area contributed by atoms with Crippen molar-refractivity contribution in [1.29, 1.82) is 0 Å². The summed E-state index contributed by atoms with van der Waals surface area (Å²) in [5.41, 5.74) is 3.19. The molecule has 4 rings (SSSR count). The summed E-state index contributed by atoms with van der Waals surface area (Å²) in [6, 6.07) is 28.9. The molecule has 5 heteroatoms. The molecule has 2 amide bonds. The molecule has 32 heavy (non-hydrogen) atoms. The Balaban J connectivity index is 1.39. The second-order valence-electron chi connectivity index (χ2n) is 7.66. The standard InChI is InChI=1S/C27H24N2O2S/c1-18-10-12-21(13-11-18)27(31)29-23-8-5-9-25(17-23)32-19(2)26(30)28-24-15-14-20-6-3-4-7-22(20)16-24/h3-17,19H,1-2H3,(H,28,30)(H,29,31). The van der Waals surface area contributed by atoms with Gasteiger partial charge in [0.25, 0.3) is 5.91 Å². The number of aryl methyl sites for hydroxylation is 1. The summed E-state index contributed by atoms with van der Waals surface area (Å²) in [5.74, 6) is -0.228. The summed E-state index contributed by atoms with van der Waals surface area (Å²) in [6.45, 7) is 3.86. The smallest absolute Gasteiger partial charge is 0.255 e. The highest BCUT2D eigenvalue weighted by Gasteiger charge is 2.15. The van der Waals surface area contributed by atoms with Gasteiger partial charge in [0.05, 0.1) is 5.25 Å². The summed E-state index contributed by atoms with van der Waals surface area (Å²) < 4.78 is 0. The zero-order valence-corrected chi connectivity index (χ0v) is 18.8. The van der Waals surface area contributed by atoms with Gasteiger partial charge in [0.1, 0.15) is 0 Å². The second kappa shape index (κ2) is 9.71. The first-order valence-electron chi connectivity index (χ1n) is 10.4. The Bertz CT molecular complexity index is 1270. The lowest BCUT2D eigenvalue weighted by Gasteiger charge is -2.13. The van der Waals surface area contributed by atoms with Gasteiger partial charge in [-0.1, -0.05) is 54.1 Å². The van der Waals surface area contributed by atoms with Gasteiger partial charge in [-0.25, -0.2) is 0 Å². The Hall–Kier alpha value is -3.57. The molecule has 1 atom stereocenters. The van der Waals surface area contributed by atoms with Crippen molar-refractivity contribution in [2.45, 2.75) is 24.0 Å². The molecule has 4 aromatic rings. The first kappa shape index (κ1) is 21.7. The van der Waals surface area contributed by atoms with Gasteiger partial charge in [0.15, 0.2) is 0 Å². The Kier molecular flexibility index (Phi) is 6.57. The van der Waals surface area contributed by atoms with E-state index in [9.17, 15) is 9.59 Å². The third-order valence-electron chi connectivity index (χ3n) is 5.10. The highest BCUT2D eigenvalue weighted by Crippen LogP contribution is 2.27. The van der Waals surface area contributed by atoms with Gasteiger partial charge in [-0.15, -0.1) is 11.8 Å². The Morgan fingerprint density at radius 2 is 1.47 bits per heavy atom. The molecule has 2 N–H and O–H groups in total. The number of nitrogens with one attached hydrogen (secondary N) is 2. The number of hydrogen-bond acceptors (Lipinski definition) is 3. The van der Waals surface area contributed by atoms with E-state index in [1.165, 1.54) is 11.8 Å². The molecule has 160 valence electrons. The molecule has 0 bridgehead atoms. The minimum atomic E-state index is -0.301. The first-order chi connectivity index (χ1) is 15.5. The molecule has 0 aromatic heterocycles. The third kappa shape index (κ3) is 5.37. The molecule has 0 spiro atoms. The third-order valence-corrected chi connectivity index (χ3v) is 6.20. The molecule has 0 fully saturated rings. The van der Waals surface area contributed by atoms with Crippen LogP contribution in [0.2, 0.25) is 0 Å². The number of fused-ring (bicyclic) bond motifs is 1. The maximum Gasteiger partial charge on any atom is 0.255 e. The zero-order chi connectivity index (χ0) is 22.5. The molecule has 0 saturated heterocycles. The lowest BCUT2D eigenvalue weighted by molar-refractivity contribution is -0.115. The molecule has 0 aliphatic carbocycles. The minimum Gasteiger partial charge on any atom is -0.325 e. The molecule has 0 aliphatic rings. The van der Waals surface area contributed by atoms with Crippen LogP contribution >= 0.6 is 11.8 Å². The van der Waals surface area contributed by atoms with E-state index in [-0.39, 0.29) is 17.1 Å². The van der Waals surface area contributed by atoms with Crippen LogP contribution < -0.4 is 10.6 Å². The number of anilines is 2. The summed E-state index contributed by atoms with van der Waals surface area (Å²) in [5, 5.41) is 7.84. The number of rotatable bonds is 6. The van der Waals surface area contributed by atoms with Crippen LogP contribution in [-0.2, 0) is 4.79 Å². The average Bonchev–Trinajstić information content (AvgIpc) is 2.79. The second-order valence-corrected chi connectivity index (χ2v) is 9.07. The van der Waals surface area contributed by atoms with Crippen LogP contribution in [0.5, 0.6) is 0 Å². The summed E-state index contributed by atoms with van der Waals surface area (Å²) in [4.78, 5) is 26.1. The lowest BCUT2D eigenvalue weighted by Crippen LogP contribution is -2.22. The number of carbonyl (C=O) groups excluding carboxylic acids is 2.